The minimum atomic E-state index is -0.00375. The predicted octanol–water partition coefficient (Wildman–Crippen LogP) is 4.22. The number of thiophene rings is 1. The summed E-state index contributed by atoms with van der Waals surface area (Å²) >= 11 is 1.43. The smallest absolute Gasteiger partial charge is 0.195 e. The van der Waals surface area contributed by atoms with Crippen LogP contribution < -0.4 is 9.47 Å². The zero-order valence-electron chi connectivity index (χ0n) is 11.7. The van der Waals surface area contributed by atoms with Gasteiger partial charge in [-0.15, -0.1) is 11.3 Å². The second kappa shape index (κ2) is 7.45. The average Bonchev–Trinajstić information content (AvgIpc) is 3.05. The van der Waals surface area contributed by atoms with Gasteiger partial charge in [0.2, 0.25) is 0 Å². The molecule has 1 heterocycles. The summed E-state index contributed by atoms with van der Waals surface area (Å²) in [4.78, 5) is 12.6. The van der Waals surface area contributed by atoms with Crippen molar-refractivity contribution in [3.05, 3.63) is 64.9 Å². The lowest BCUT2D eigenvalue weighted by atomic mass is 10.1. The first-order valence-electron chi connectivity index (χ1n) is 6.42. The van der Waals surface area contributed by atoms with Crippen LogP contribution in [0, 0.1) is 0 Å². The Kier molecular flexibility index (Phi) is 5.35. The van der Waals surface area contributed by atoms with E-state index in [4.69, 9.17) is 9.47 Å². The van der Waals surface area contributed by atoms with Gasteiger partial charge < -0.3 is 9.47 Å². The Labute approximate surface area is 128 Å². The molecule has 0 fully saturated rings. The van der Waals surface area contributed by atoms with Gasteiger partial charge in [-0.05, 0) is 35.2 Å². The first-order chi connectivity index (χ1) is 10.2. The van der Waals surface area contributed by atoms with Gasteiger partial charge in [-0.3, -0.25) is 4.79 Å². The Morgan fingerprint density at radius 3 is 2.86 bits per heavy atom. The molecule has 2 aromatic rings. The molecule has 0 aliphatic carbocycles. The Balaban J connectivity index is 2.13. The number of ether oxygens (including phenoxy) is 2. The molecule has 2 rings (SSSR count). The first kappa shape index (κ1) is 15.1. The molecule has 0 spiro atoms. The highest BCUT2D eigenvalue weighted by atomic mass is 32.1. The molecule has 0 aliphatic heterocycles. The number of carbonyl (C=O) groups excluding carboxylic acids is 1. The SMILES string of the molecule is C=CCOc1ccc(/C=C/C(=O)c2cccs2)cc1OC. The number of ketones is 1. The molecule has 0 saturated heterocycles. The van der Waals surface area contributed by atoms with Crippen LogP contribution in [0.1, 0.15) is 15.2 Å². The van der Waals surface area contributed by atoms with Crippen LogP contribution in [-0.4, -0.2) is 19.5 Å². The van der Waals surface area contributed by atoms with Gasteiger partial charge in [0.05, 0.1) is 12.0 Å². The van der Waals surface area contributed by atoms with Crippen LogP contribution in [0.3, 0.4) is 0 Å². The third kappa shape index (κ3) is 4.07. The maximum Gasteiger partial charge on any atom is 0.195 e. The Morgan fingerprint density at radius 2 is 2.19 bits per heavy atom. The fourth-order valence-electron chi connectivity index (χ4n) is 1.73. The number of hydrogen-bond donors (Lipinski definition) is 0. The summed E-state index contributed by atoms with van der Waals surface area (Å²) in [5.74, 6) is 1.28. The normalized spacial score (nSPS) is 10.5. The molecule has 0 unspecified atom stereocenters. The van der Waals surface area contributed by atoms with E-state index in [9.17, 15) is 4.79 Å². The maximum atomic E-state index is 11.9. The molecule has 1 aromatic carbocycles. The summed E-state index contributed by atoms with van der Waals surface area (Å²) in [5, 5.41) is 1.88. The van der Waals surface area contributed by atoms with Crippen LogP contribution in [0.2, 0.25) is 0 Å². The average molecular weight is 300 g/mol. The van der Waals surface area contributed by atoms with E-state index in [1.165, 1.54) is 11.3 Å². The van der Waals surface area contributed by atoms with Crippen molar-refractivity contribution in [1.29, 1.82) is 0 Å². The molecule has 0 radical (unpaired) electrons. The number of methoxy groups -OCH3 is 1. The van der Waals surface area contributed by atoms with E-state index in [1.807, 2.05) is 35.7 Å². The minimum Gasteiger partial charge on any atom is -0.493 e. The lowest BCUT2D eigenvalue weighted by Crippen LogP contribution is -1.96. The largest absolute Gasteiger partial charge is 0.493 e. The van der Waals surface area contributed by atoms with Crippen LogP contribution >= 0.6 is 11.3 Å². The lowest BCUT2D eigenvalue weighted by molar-refractivity contribution is 0.105. The highest BCUT2D eigenvalue weighted by Gasteiger charge is 2.05. The predicted molar refractivity (Wildman–Crippen MR) is 86.4 cm³/mol. The van der Waals surface area contributed by atoms with Crippen LogP contribution in [0.15, 0.2) is 54.4 Å². The number of carbonyl (C=O) groups is 1. The van der Waals surface area contributed by atoms with Crippen molar-refractivity contribution < 1.29 is 14.3 Å². The molecule has 0 saturated carbocycles. The van der Waals surface area contributed by atoms with E-state index >= 15 is 0 Å². The lowest BCUT2D eigenvalue weighted by Gasteiger charge is -2.09. The molecule has 4 heteroatoms. The van der Waals surface area contributed by atoms with Crippen molar-refractivity contribution in [3.8, 4) is 11.5 Å². The number of benzene rings is 1. The molecule has 0 atom stereocenters. The minimum absolute atomic E-state index is 0.00375. The van der Waals surface area contributed by atoms with E-state index in [0.29, 0.717) is 18.1 Å². The zero-order chi connectivity index (χ0) is 15.1. The zero-order valence-corrected chi connectivity index (χ0v) is 12.6. The topological polar surface area (TPSA) is 35.5 Å². The van der Waals surface area contributed by atoms with Crippen LogP contribution in [-0.2, 0) is 0 Å². The van der Waals surface area contributed by atoms with Gasteiger partial charge in [0.25, 0.3) is 0 Å². The molecule has 108 valence electrons. The van der Waals surface area contributed by atoms with Crippen molar-refractivity contribution in [2.24, 2.45) is 0 Å². The molecular weight excluding hydrogens is 284 g/mol. The molecular formula is C17H16O3S. The quantitative estimate of drug-likeness (QED) is 0.436. The molecule has 3 nitrogen and oxygen atoms in total. The van der Waals surface area contributed by atoms with Crippen LogP contribution in [0.4, 0.5) is 0 Å². The van der Waals surface area contributed by atoms with Gasteiger partial charge in [-0.1, -0.05) is 30.9 Å². The maximum absolute atomic E-state index is 11.9. The van der Waals surface area contributed by atoms with Crippen molar-refractivity contribution in [3.63, 3.8) is 0 Å². The molecule has 0 N–H and O–H groups in total. The van der Waals surface area contributed by atoms with Crippen molar-refractivity contribution in [1.82, 2.24) is 0 Å². The monoisotopic (exact) mass is 300 g/mol. The van der Waals surface area contributed by atoms with E-state index in [-0.39, 0.29) is 5.78 Å². The van der Waals surface area contributed by atoms with Gasteiger partial charge >= 0.3 is 0 Å². The highest BCUT2D eigenvalue weighted by Crippen LogP contribution is 2.28. The third-order valence-corrected chi connectivity index (χ3v) is 3.62. The first-order valence-corrected chi connectivity index (χ1v) is 7.30. The summed E-state index contributed by atoms with van der Waals surface area (Å²) in [5.41, 5.74) is 0.878. The summed E-state index contributed by atoms with van der Waals surface area (Å²) in [6.07, 6.45) is 5.00. The fourth-order valence-corrected chi connectivity index (χ4v) is 2.37. The summed E-state index contributed by atoms with van der Waals surface area (Å²) in [7, 11) is 1.58. The second-order valence-corrected chi connectivity index (χ2v) is 5.13. The van der Waals surface area contributed by atoms with Gasteiger partial charge in [0.1, 0.15) is 6.61 Å². The van der Waals surface area contributed by atoms with Gasteiger partial charge in [0, 0.05) is 0 Å². The van der Waals surface area contributed by atoms with E-state index in [1.54, 1.807) is 25.3 Å². The molecule has 0 aliphatic rings. The molecule has 0 bridgehead atoms. The van der Waals surface area contributed by atoms with Crippen molar-refractivity contribution >= 4 is 23.2 Å². The Bertz CT molecular complexity index is 642. The molecule has 1 aromatic heterocycles. The molecule has 21 heavy (non-hydrogen) atoms. The van der Waals surface area contributed by atoms with Gasteiger partial charge in [0.15, 0.2) is 17.3 Å². The van der Waals surface area contributed by atoms with Crippen LogP contribution in [0.5, 0.6) is 11.5 Å². The highest BCUT2D eigenvalue weighted by molar-refractivity contribution is 7.12. The van der Waals surface area contributed by atoms with Crippen LogP contribution in [0.25, 0.3) is 6.08 Å². The van der Waals surface area contributed by atoms with Crippen molar-refractivity contribution in [2.75, 3.05) is 13.7 Å². The Morgan fingerprint density at radius 1 is 1.33 bits per heavy atom. The molecule has 0 amide bonds. The summed E-state index contributed by atoms with van der Waals surface area (Å²) in [6, 6.07) is 9.19. The van der Waals surface area contributed by atoms with Gasteiger partial charge in [-0.2, -0.15) is 0 Å². The second-order valence-electron chi connectivity index (χ2n) is 4.18. The van der Waals surface area contributed by atoms with Crippen molar-refractivity contribution in [2.45, 2.75) is 0 Å². The van der Waals surface area contributed by atoms with E-state index < -0.39 is 0 Å². The Hall–Kier alpha value is -2.33. The van der Waals surface area contributed by atoms with E-state index in [2.05, 4.69) is 6.58 Å². The number of allylic oxidation sites excluding steroid dienone is 1. The standard InChI is InChI=1S/C17H16O3S/c1-3-10-20-15-9-7-13(12-16(15)19-2)6-8-14(18)17-5-4-11-21-17/h3-9,11-12H,1,10H2,2H3/b8-6+. The summed E-state index contributed by atoms with van der Waals surface area (Å²) in [6.45, 7) is 4.03. The number of rotatable bonds is 7. The summed E-state index contributed by atoms with van der Waals surface area (Å²) < 4.78 is 10.8. The number of hydrogen-bond acceptors (Lipinski definition) is 4. The fraction of sp³-hybridized carbons (Fsp3) is 0.118. The van der Waals surface area contributed by atoms with Gasteiger partial charge in [-0.25, -0.2) is 0 Å². The third-order valence-electron chi connectivity index (χ3n) is 2.74. The van der Waals surface area contributed by atoms with E-state index in [0.717, 1.165) is 10.4 Å².